The lowest BCUT2D eigenvalue weighted by Crippen LogP contribution is -2.42. The van der Waals surface area contributed by atoms with Crippen molar-refractivity contribution in [3.63, 3.8) is 0 Å². The molecule has 0 aromatic heterocycles. The third-order valence-electron chi connectivity index (χ3n) is 3.18. The molecule has 0 aromatic carbocycles. The second kappa shape index (κ2) is 5.31. The summed E-state index contributed by atoms with van der Waals surface area (Å²) in [6.45, 7) is 8.61. The molecule has 0 aliphatic carbocycles. The molecule has 2 N–H and O–H groups in total. The van der Waals surface area contributed by atoms with Crippen LogP contribution in [0.15, 0.2) is 11.6 Å². The van der Waals surface area contributed by atoms with Crippen LogP contribution >= 0.6 is 0 Å². The standard InChI is InChI=1S/C12H22N2O/c1-4-12(6-8-13-9-12)11(15)14-7-5-10(2)3/h5,13H,4,6-9H2,1-3H3,(H,14,15). The molecular formula is C12H22N2O. The zero-order chi connectivity index (χ0) is 11.3. The first-order chi connectivity index (χ1) is 7.10. The molecule has 1 heterocycles. The second-order valence-electron chi connectivity index (χ2n) is 4.55. The quantitative estimate of drug-likeness (QED) is 0.690. The molecule has 1 amide bonds. The SMILES string of the molecule is CCC1(C(=O)NCC=C(C)C)CCNC1. The van der Waals surface area contributed by atoms with Crippen molar-refractivity contribution in [2.45, 2.75) is 33.6 Å². The number of allylic oxidation sites excluding steroid dienone is 1. The lowest BCUT2D eigenvalue weighted by atomic mass is 9.83. The van der Waals surface area contributed by atoms with Gasteiger partial charge in [-0.15, -0.1) is 0 Å². The van der Waals surface area contributed by atoms with Gasteiger partial charge < -0.3 is 10.6 Å². The third-order valence-corrected chi connectivity index (χ3v) is 3.18. The summed E-state index contributed by atoms with van der Waals surface area (Å²) in [7, 11) is 0. The van der Waals surface area contributed by atoms with Gasteiger partial charge in [0.05, 0.1) is 5.41 Å². The average Bonchev–Trinajstić information content (AvgIpc) is 2.66. The van der Waals surface area contributed by atoms with Crippen molar-refractivity contribution in [1.82, 2.24) is 10.6 Å². The maximum atomic E-state index is 12.0. The van der Waals surface area contributed by atoms with Crippen molar-refractivity contribution in [2.24, 2.45) is 5.41 Å². The Morgan fingerprint density at radius 2 is 2.27 bits per heavy atom. The monoisotopic (exact) mass is 210 g/mol. The first-order valence-corrected chi connectivity index (χ1v) is 5.73. The Labute approximate surface area is 92.3 Å². The number of hydrogen-bond acceptors (Lipinski definition) is 2. The molecule has 0 saturated carbocycles. The van der Waals surface area contributed by atoms with Crippen molar-refractivity contribution in [3.05, 3.63) is 11.6 Å². The number of nitrogens with one attached hydrogen (secondary N) is 2. The minimum absolute atomic E-state index is 0.157. The summed E-state index contributed by atoms with van der Waals surface area (Å²) >= 11 is 0. The number of amides is 1. The van der Waals surface area contributed by atoms with E-state index in [1.807, 2.05) is 19.9 Å². The van der Waals surface area contributed by atoms with E-state index < -0.39 is 0 Å². The third kappa shape index (κ3) is 3.06. The average molecular weight is 210 g/mol. The summed E-state index contributed by atoms with van der Waals surface area (Å²) in [4.78, 5) is 12.0. The van der Waals surface area contributed by atoms with Gasteiger partial charge in [-0.25, -0.2) is 0 Å². The highest BCUT2D eigenvalue weighted by Gasteiger charge is 2.38. The fourth-order valence-electron chi connectivity index (χ4n) is 1.94. The number of hydrogen-bond donors (Lipinski definition) is 2. The highest BCUT2D eigenvalue weighted by atomic mass is 16.2. The highest BCUT2D eigenvalue weighted by molar-refractivity contribution is 5.83. The first kappa shape index (κ1) is 12.2. The number of carbonyl (C=O) groups excluding carboxylic acids is 1. The molecule has 0 aromatic rings. The van der Waals surface area contributed by atoms with Crippen molar-refractivity contribution < 1.29 is 4.79 Å². The Kier molecular flexibility index (Phi) is 4.33. The molecule has 3 heteroatoms. The predicted molar refractivity (Wildman–Crippen MR) is 62.7 cm³/mol. The van der Waals surface area contributed by atoms with E-state index in [1.165, 1.54) is 5.57 Å². The maximum Gasteiger partial charge on any atom is 0.227 e. The Balaban J connectivity index is 2.47. The fourth-order valence-corrected chi connectivity index (χ4v) is 1.94. The van der Waals surface area contributed by atoms with Gasteiger partial charge in [0.2, 0.25) is 5.91 Å². The van der Waals surface area contributed by atoms with Gasteiger partial charge in [-0.1, -0.05) is 18.6 Å². The van der Waals surface area contributed by atoms with Gasteiger partial charge in [0, 0.05) is 13.1 Å². The molecule has 3 nitrogen and oxygen atoms in total. The minimum Gasteiger partial charge on any atom is -0.352 e. The Bertz CT molecular complexity index is 248. The zero-order valence-electron chi connectivity index (χ0n) is 10.0. The molecule has 15 heavy (non-hydrogen) atoms. The zero-order valence-corrected chi connectivity index (χ0v) is 10.0. The largest absolute Gasteiger partial charge is 0.352 e. The van der Waals surface area contributed by atoms with Crippen LogP contribution in [0.25, 0.3) is 0 Å². The van der Waals surface area contributed by atoms with Gasteiger partial charge in [-0.05, 0) is 33.2 Å². The first-order valence-electron chi connectivity index (χ1n) is 5.73. The highest BCUT2D eigenvalue weighted by Crippen LogP contribution is 2.29. The minimum atomic E-state index is -0.157. The van der Waals surface area contributed by atoms with Crippen LogP contribution in [0.1, 0.15) is 33.6 Å². The molecule has 86 valence electrons. The lowest BCUT2D eigenvalue weighted by molar-refractivity contribution is -0.130. The van der Waals surface area contributed by atoms with Crippen LogP contribution in [-0.2, 0) is 4.79 Å². The lowest BCUT2D eigenvalue weighted by Gasteiger charge is -2.24. The van der Waals surface area contributed by atoms with Crippen LogP contribution in [0.2, 0.25) is 0 Å². The molecule has 1 aliphatic heterocycles. The van der Waals surface area contributed by atoms with Crippen molar-refractivity contribution in [1.29, 1.82) is 0 Å². The van der Waals surface area contributed by atoms with E-state index in [1.54, 1.807) is 0 Å². The van der Waals surface area contributed by atoms with Crippen LogP contribution in [0.5, 0.6) is 0 Å². The molecule has 0 spiro atoms. The Morgan fingerprint density at radius 1 is 1.53 bits per heavy atom. The topological polar surface area (TPSA) is 41.1 Å². The van der Waals surface area contributed by atoms with E-state index in [2.05, 4.69) is 17.6 Å². The Hall–Kier alpha value is -0.830. The van der Waals surface area contributed by atoms with Gasteiger partial charge in [0.15, 0.2) is 0 Å². The normalized spacial score (nSPS) is 25.0. The number of carbonyl (C=O) groups is 1. The molecule has 1 atom stereocenters. The second-order valence-corrected chi connectivity index (χ2v) is 4.55. The van der Waals surface area contributed by atoms with Crippen LogP contribution < -0.4 is 10.6 Å². The van der Waals surface area contributed by atoms with E-state index in [0.29, 0.717) is 6.54 Å². The summed E-state index contributed by atoms with van der Waals surface area (Å²) in [5, 5.41) is 6.26. The van der Waals surface area contributed by atoms with Crippen LogP contribution in [0.4, 0.5) is 0 Å². The van der Waals surface area contributed by atoms with E-state index in [9.17, 15) is 4.79 Å². The predicted octanol–water partition coefficient (Wildman–Crippen LogP) is 1.46. The van der Waals surface area contributed by atoms with E-state index in [-0.39, 0.29) is 11.3 Å². The molecule has 1 saturated heterocycles. The summed E-state index contributed by atoms with van der Waals surface area (Å²) in [5.41, 5.74) is 1.08. The van der Waals surface area contributed by atoms with Crippen molar-refractivity contribution >= 4 is 5.91 Å². The van der Waals surface area contributed by atoms with Crippen molar-refractivity contribution in [3.8, 4) is 0 Å². The Morgan fingerprint density at radius 3 is 2.73 bits per heavy atom. The molecule has 0 radical (unpaired) electrons. The van der Waals surface area contributed by atoms with Gasteiger partial charge in [0.1, 0.15) is 0 Å². The van der Waals surface area contributed by atoms with Crippen molar-refractivity contribution in [2.75, 3.05) is 19.6 Å². The van der Waals surface area contributed by atoms with E-state index in [4.69, 9.17) is 0 Å². The van der Waals surface area contributed by atoms with Crippen LogP contribution in [-0.4, -0.2) is 25.5 Å². The molecule has 1 rings (SSSR count). The fraction of sp³-hybridized carbons (Fsp3) is 0.750. The summed E-state index contributed by atoms with van der Waals surface area (Å²) < 4.78 is 0. The molecule has 0 bridgehead atoms. The number of rotatable bonds is 4. The van der Waals surface area contributed by atoms with Gasteiger partial charge in [-0.3, -0.25) is 4.79 Å². The summed E-state index contributed by atoms with van der Waals surface area (Å²) in [5.74, 6) is 0.201. The smallest absolute Gasteiger partial charge is 0.227 e. The van der Waals surface area contributed by atoms with E-state index in [0.717, 1.165) is 25.9 Å². The van der Waals surface area contributed by atoms with E-state index >= 15 is 0 Å². The molecular weight excluding hydrogens is 188 g/mol. The van der Waals surface area contributed by atoms with Gasteiger partial charge in [0.25, 0.3) is 0 Å². The molecule has 1 unspecified atom stereocenters. The van der Waals surface area contributed by atoms with Gasteiger partial charge in [-0.2, -0.15) is 0 Å². The maximum absolute atomic E-state index is 12.0. The molecule has 1 fully saturated rings. The van der Waals surface area contributed by atoms with Crippen LogP contribution in [0.3, 0.4) is 0 Å². The molecule has 1 aliphatic rings. The summed E-state index contributed by atoms with van der Waals surface area (Å²) in [6, 6.07) is 0. The van der Waals surface area contributed by atoms with Crippen LogP contribution in [0, 0.1) is 5.41 Å². The summed E-state index contributed by atoms with van der Waals surface area (Å²) in [6.07, 6.45) is 3.93. The van der Waals surface area contributed by atoms with Gasteiger partial charge >= 0.3 is 0 Å².